The fourth-order valence-electron chi connectivity index (χ4n) is 2.69. The predicted octanol–water partition coefficient (Wildman–Crippen LogP) is 2.14. The van der Waals surface area contributed by atoms with Gasteiger partial charge in [-0.2, -0.15) is 0 Å². The van der Waals surface area contributed by atoms with Crippen molar-refractivity contribution in [2.45, 2.75) is 24.2 Å². The highest BCUT2D eigenvalue weighted by Crippen LogP contribution is 2.33. The van der Waals surface area contributed by atoms with Gasteiger partial charge < -0.3 is 9.80 Å². The van der Waals surface area contributed by atoms with Gasteiger partial charge in [-0.3, -0.25) is 9.59 Å². The van der Waals surface area contributed by atoms with Crippen molar-refractivity contribution in [1.82, 2.24) is 4.90 Å². The standard InChI is InChI=1S/C15H18N2O2S/c18-14-7-10-20-13-6-2-1-5-12(13)17(14)11-15(19)16-8-3-4-9-16/h1-2,5-6H,3-4,7-11H2. The first-order valence-electron chi connectivity index (χ1n) is 7.06. The number of anilines is 1. The van der Waals surface area contributed by atoms with E-state index in [4.69, 9.17) is 0 Å². The van der Waals surface area contributed by atoms with Gasteiger partial charge in [0.25, 0.3) is 0 Å². The van der Waals surface area contributed by atoms with Crippen molar-refractivity contribution in [2.24, 2.45) is 0 Å². The number of rotatable bonds is 2. The molecule has 2 aliphatic heterocycles. The maximum absolute atomic E-state index is 12.3. The summed E-state index contributed by atoms with van der Waals surface area (Å²) in [7, 11) is 0. The van der Waals surface area contributed by atoms with Crippen LogP contribution >= 0.6 is 11.8 Å². The van der Waals surface area contributed by atoms with Crippen LogP contribution < -0.4 is 4.90 Å². The summed E-state index contributed by atoms with van der Waals surface area (Å²) in [6.07, 6.45) is 2.64. The Morgan fingerprint density at radius 1 is 1.20 bits per heavy atom. The molecule has 0 aliphatic carbocycles. The van der Waals surface area contributed by atoms with Gasteiger partial charge in [-0.05, 0) is 25.0 Å². The minimum Gasteiger partial charge on any atom is -0.341 e. The van der Waals surface area contributed by atoms with E-state index in [1.807, 2.05) is 29.2 Å². The maximum atomic E-state index is 12.3. The Morgan fingerprint density at radius 2 is 1.95 bits per heavy atom. The van der Waals surface area contributed by atoms with Gasteiger partial charge in [0.1, 0.15) is 6.54 Å². The lowest BCUT2D eigenvalue weighted by Crippen LogP contribution is -2.42. The van der Waals surface area contributed by atoms with Gasteiger partial charge in [-0.1, -0.05) is 12.1 Å². The van der Waals surface area contributed by atoms with Gasteiger partial charge in [0, 0.05) is 30.2 Å². The van der Waals surface area contributed by atoms with Crippen molar-refractivity contribution >= 4 is 29.3 Å². The number of para-hydroxylation sites is 1. The maximum Gasteiger partial charge on any atom is 0.242 e. The van der Waals surface area contributed by atoms with E-state index in [0.29, 0.717) is 6.42 Å². The van der Waals surface area contributed by atoms with Crippen molar-refractivity contribution < 1.29 is 9.59 Å². The second kappa shape index (κ2) is 5.87. The molecule has 2 amide bonds. The van der Waals surface area contributed by atoms with Crippen molar-refractivity contribution in [3.8, 4) is 0 Å². The van der Waals surface area contributed by atoms with E-state index >= 15 is 0 Å². The lowest BCUT2D eigenvalue weighted by Gasteiger charge is -2.25. The number of hydrogen-bond donors (Lipinski definition) is 0. The molecule has 1 aromatic rings. The summed E-state index contributed by atoms with van der Waals surface area (Å²) in [5.41, 5.74) is 0.882. The average Bonchev–Trinajstić information content (AvgIpc) is 2.94. The Bertz CT molecular complexity index is 526. The molecule has 2 aliphatic rings. The quantitative estimate of drug-likeness (QED) is 0.838. The zero-order valence-electron chi connectivity index (χ0n) is 11.4. The van der Waals surface area contributed by atoms with Gasteiger partial charge in [0.05, 0.1) is 5.69 Å². The number of carbonyl (C=O) groups is 2. The Balaban J connectivity index is 1.82. The summed E-state index contributed by atoms with van der Waals surface area (Å²) in [5.74, 6) is 0.900. The molecule has 0 bridgehead atoms. The Morgan fingerprint density at radius 3 is 2.75 bits per heavy atom. The van der Waals surface area contributed by atoms with Gasteiger partial charge in [0.15, 0.2) is 0 Å². The Labute approximate surface area is 123 Å². The molecule has 0 radical (unpaired) electrons. The molecule has 106 valence electrons. The first-order chi connectivity index (χ1) is 9.75. The highest BCUT2D eigenvalue weighted by molar-refractivity contribution is 7.99. The molecular weight excluding hydrogens is 272 g/mol. The third-order valence-corrected chi connectivity index (χ3v) is 4.85. The van der Waals surface area contributed by atoms with Crippen molar-refractivity contribution in [1.29, 1.82) is 0 Å². The van der Waals surface area contributed by atoms with Gasteiger partial charge in [0.2, 0.25) is 11.8 Å². The molecule has 5 heteroatoms. The highest BCUT2D eigenvalue weighted by Gasteiger charge is 2.27. The van der Waals surface area contributed by atoms with E-state index in [0.717, 1.165) is 42.3 Å². The molecule has 20 heavy (non-hydrogen) atoms. The van der Waals surface area contributed by atoms with E-state index < -0.39 is 0 Å². The van der Waals surface area contributed by atoms with Crippen LogP contribution in [0.3, 0.4) is 0 Å². The number of carbonyl (C=O) groups excluding carboxylic acids is 2. The molecule has 0 unspecified atom stereocenters. The molecule has 0 spiro atoms. The predicted molar refractivity (Wildman–Crippen MR) is 80.0 cm³/mol. The molecule has 0 aromatic heterocycles. The van der Waals surface area contributed by atoms with Crippen LogP contribution in [0.4, 0.5) is 5.69 Å². The van der Waals surface area contributed by atoms with Crippen molar-refractivity contribution in [3.63, 3.8) is 0 Å². The largest absolute Gasteiger partial charge is 0.341 e. The number of likely N-dealkylation sites (tertiary alicyclic amines) is 1. The fraction of sp³-hybridized carbons (Fsp3) is 0.467. The van der Waals surface area contributed by atoms with Crippen LogP contribution in [-0.2, 0) is 9.59 Å². The number of amides is 2. The zero-order chi connectivity index (χ0) is 13.9. The number of nitrogens with zero attached hydrogens (tertiary/aromatic N) is 2. The van der Waals surface area contributed by atoms with Crippen LogP contribution in [-0.4, -0.2) is 42.1 Å². The average molecular weight is 290 g/mol. The number of thioether (sulfide) groups is 1. The monoisotopic (exact) mass is 290 g/mol. The first-order valence-corrected chi connectivity index (χ1v) is 8.04. The van der Waals surface area contributed by atoms with Gasteiger partial charge >= 0.3 is 0 Å². The molecule has 1 fully saturated rings. The van der Waals surface area contributed by atoms with Crippen LogP contribution in [0.1, 0.15) is 19.3 Å². The van der Waals surface area contributed by atoms with Gasteiger partial charge in [-0.15, -0.1) is 11.8 Å². The normalized spacial score (nSPS) is 18.9. The molecule has 2 heterocycles. The lowest BCUT2D eigenvalue weighted by atomic mass is 10.2. The number of benzene rings is 1. The highest BCUT2D eigenvalue weighted by atomic mass is 32.2. The summed E-state index contributed by atoms with van der Waals surface area (Å²) in [4.78, 5) is 29.2. The third kappa shape index (κ3) is 2.68. The number of fused-ring (bicyclic) bond motifs is 1. The van der Waals surface area contributed by atoms with Crippen LogP contribution in [0, 0.1) is 0 Å². The third-order valence-electron chi connectivity index (χ3n) is 3.78. The molecule has 1 aromatic carbocycles. The first kappa shape index (κ1) is 13.5. The molecule has 0 saturated carbocycles. The van der Waals surface area contributed by atoms with E-state index in [1.165, 1.54) is 0 Å². The lowest BCUT2D eigenvalue weighted by molar-refractivity contribution is -0.130. The smallest absolute Gasteiger partial charge is 0.242 e. The van der Waals surface area contributed by atoms with E-state index in [1.54, 1.807) is 16.7 Å². The van der Waals surface area contributed by atoms with Crippen LogP contribution in [0.15, 0.2) is 29.2 Å². The second-order valence-corrected chi connectivity index (χ2v) is 6.27. The molecule has 1 saturated heterocycles. The minimum atomic E-state index is 0.0509. The molecule has 4 nitrogen and oxygen atoms in total. The van der Waals surface area contributed by atoms with Crippen LogP contribution in [0.5, 0.6) is 0 Å². The van der Waals surface area contributed by atoms with Crippen molar-refractivity contribution in [3.05, 3.63) is 24.3 Å². The van der Waals surface area contributed by atoms with E-state index in [9.17, 15) is 9.59 Å². The summed E-state index contributed by atoms with van der Waals surface area (Å²) < 4.78 is 0. The molecule has 3 rings (SSSR count). The summed E-state index contributed by atoms with van der Waals surface area (Å²) >= 11 is 1.69. The van der Waals surface area contributed by atoms with Crippen molar-refractivity contribution in [2.75, 3.05) is 30.3 Å². The van der Waals surface area contributed by atoms with Crippen LogP contribution in [0.25, 0.3) is 0 Å². The van der Waals surface area contributed by atoms with E-state index in [2.05, 4.69) is 0 Å². The van der Waals surface area contributed by atoms with Gasteiger partial charge in [-0.25, -0.2) is 0 Å². The number of hydrogen-bond acceptors (Lipinski definition) is 3. The Hall–Kier alpha value is -1.49. The molecular formula is C15H18N2O2S. The summed E-state index contributed by atoms with van der Waals surface area (Å²) in [6, 6.07) is 7.85. The topological polar surface area (TPSA) is 40.6 Å². The minimum absolute atomic E-state index is 0.0509. The molecule has 0 N–H and O–H groups in total. The SMILES string of the molecule is O=C(CN1C(=O)CCSc2ccccc21)N1CCCC1. The fourth-order valence-corrected chi connectivity index (χ4v) is 3.69. The van der Waals surface area contributed by atoms with E-state index in [-0.39, 0.29) is 18.4 Å². The molecule has 0 atom stereocenters. The Kier molecular flexibility index (Phi) is 3.96. The summed E-state index contributed by atoms with van der Waals surface area (Å²) in [5, 5.41) is 0. The second-order valence-electron chi connectivity index (χ2n) is 5.13. The summed E-state index contributed by atoms with van der Waals surface area (Å²) in [6.45, 7) is 1.84. The van der Waals surface area contributed by atoms with Crippen LogP contribution in [0.2, 0.25) is 0 Å². The zero-order valence-corrected chi connectivity index (χ0v) is 12.2.